The third kappa shape index (κ3) is 2.23. The van der Waals surface area contributed by atoms with Crippen LogP contribution in [-0.2, 0) is 0 Å². The lowest BCUT2D eigenvalue weighted by Gasteiger charge is -2.36. The number of rotatable bonds is 2. The van der Waals surface area contributed by atoms with E-state index in [9.17, 15) is 4.79 Å². The summed E-state index contributed by atoms with van der Waals surface area (Å²) in [7, 11) is 2.17. The van der Waals surface area contributed by atoms with Crippen molar-refractivity contribution in [2.24, 2.45) is 10.9 Å². The molecule has 1 fully saturated rings. The van der Waals surface area contributed by atoms with Gasteiger partial charge in [0.05, 0.1) is 11.4 Å². The van der Waals surface area contributed by atoms with Gasteiger partial charge in [-0.25, -0.2) is 4.99 Å². The zero-order valence-electron chi connectivity index (χ0n) is 11.6. The van der Waals surface area contributed by atoms with Crippen molar-refractivity contribution in [3.05, 3.63) is 29.8 Å². The Hall–Kier alpha value is -1.48. The van der Waals surface area contributed by atoms with Crippen LogP contribution in [0.4, 0.5) is 5.69 Å². The molecule has 19 heavy (non-hydrogen) atoms. The van der Waals surface area contributed by atoms with E-state index in [4.69, 9.17) is 0 Å². The SMILES string of the molecule is CC1C(CC2=Nc3ccccc3C2=O)CCCN1C. The summed E-state index contributed by atoms with van der Waals surface area (Å²) in [6.45, 7) is 3.43. The van der Waals surface area contributed by atoms with Gasteiger partial charge in [-0.3, -0.25) is 4.79 Å². The molecular weight excluding hydrogens is 236 g/mol. The minimum absolute atomic E-state index is 0.135. The Morgan fingerprint density at radius 3 is 2.95 bits per heavy atom. The average Bonchev–Trinajstić information content (AvgIpc) is 2.73. The minimum Gasteiger partial charge on any atom is -0.303 e. The van der Waals surface area contributed by atoms with Gasteiger partial charge in [0, 0.05) is 11.6 Å². The molecule has 0 radical (unpaired) electrons. The average molecular weight is 256 g/mol. The van der Waals surface area contributed by atoms with Crippen molar-refractivity contribution in [3.8, 4) is 0 Å². The molecule has 3 rings (SSSR count). The van der Waals surface area contributed by atoms with Gasteiger partial charge >= 0.3 is 0 Å². The zero-order valence-corrected chi connectivity index (χ0v) is 11.6. The number of carbonyl (C=O) groups excluding carboxylic acids is 1. The van der Waals surface area contributed by atoms with Crippen LogP contribution in [0.2, 0.25) is 0 Å². The van der Waals surface area contributed by atoms with Crippen LogP contribution < -0.4 is 0 Å². The summed E-state index contributed by atoms with van der Waals surface area (Å²) >= 11 is 0. The highest BCUT2D eigenvalue weighted by Gasteiger charge is 2.31. The standard InChI is InChI=1S/C16H20N2O/c1-11-12(6-5-9-18(11)2)10-15-16(19)13-7-3-4-8-14(13)17-15/h3-4,7-8,11-12H,5-6,9-10H2,1-2H3. The number of carbonyl (C=O) groups is 1. The summed E-state index contributed by atoms with van der Waals surface area (Å²) in [6, 6.07) is 8.19. The van der Waals surface area contributed by atoms with E-state index in [1.807, 2.05) is 24.3 Å². The first-order valence-electron chi connectivity index (χ1n) is 7.08. The number of benzene rings is 1. The summed E-state index contributed by atoms with van der Waals surface area (Å²) < 4.78 is 0. The molecule has 100 valence electrons. The minimum atomic E-state index is 0.135. The molecular formula is C16H20N2O. The lowest BCUT2D eigenvalue weighted by molar-refractivity contribution is 0.105. The Morgan fingerprint density at radius 1 is 1.37 bits per heavy atom. The second-order valence-corrected chi connectivity index (χ2v) is 5.73. The van der Waals surface area contributed by atoms with E-state index in [1.165, 1.54) is 12.8 Å². The van der Waals surface area contributed by atoms with Crippen LogP contribution in [-0.4, -0.2) is 36.0 Å². The Kier molecular flexibility index (Phi) is 3.23. The molecule has 0 bridgehead atoms. The fraction of sp³-hybridized carbons (Fsp3) is 0.500. The van der Waals surface area contributed by atoms with Crippen molar-refractivity contribution in [2.45, 2.75) is 32.2 Å². The van der Waals surface area contributed by atoms with E-state index in [1.54, 1.807) is 0 Å². The van der Waals surface area contributed by atoms with Crippen molar-refractivity contribution in [1.82, 2.24) is 4.90 Å². The van der Waals surface area contributed by atoms with Crippen LogP contribution in [0, 0.1) is 5.92 Å². The lowest BCUT2D eigenvalue weighted by atomic mass is 9.85. The monoisotopic (exact) mass is 256 g/mol. The van der Waals surface area contributed by atoms with E-state index >= 15 is 0 Å². The van der Waals surface area contributed by atoms with Crippen LogP contribution in [0.5, 0.6) is 0 Å². The fourth-order valence-corrected chi connectivity index (χ4v) is 3.18. The first-order chi connectivity index (χ1) is 9.16. The molecule has 0 N–H and O–H groups in total. The number of para-hydroxylation sites is 1. The zero-order chi connectivity index (χ0) is 13.4. The van der Waals surface area contributed by atoms with Crippen molar-refractivity contribution >= 4 is 17.2 Å². The van der Waals surface area contributed by atoms with Crippen LogP contribution in [0.15, 0.2) is 29.3 Å². The van der Waals surface area contributed by atoms with Crippen LogP contribution in [0.25, 0.3) is 0 Å². The number of aliphatic imine (C=N–C) groups is 1. The molecule has 2 aliphatic heterocycles. The quantitative estimate of drug-likeness (QED) is 0.814. The molecule has 0 aliphatic carbocycles. The maximum atomic E-state index is 12.3. The largest absolute Gasteiger partial charge is 0.303 e. The van der Waals surface area contributed by atoms with Crippen LogP contribution in [0.1, 0.15) is 36.5 Å². The highest BCUT2D eigenvalue weighted by molar-refractivity contribution is 6.49. The lowest BCUT2D eigenvalue weighted by Crippen LogP contribution is -2.41. The van der Waals surface area contributed by atoms with E-state index < -0.39 is 0 Å². The Labute approximate surface area is 114 Å². The molecule has 1 saturated heterocycles. The molecule has 2 unspecified atom stereocenters. The maximum absolute atomic E-state index is 12.3. The Balaban J connectivity index is 1.77. The Morgan fingerprint density at radius 2 is 2.16 bits per heavy atom. The summed E-state index contributed by atoms with van der Waals surface area (Å²) in [5, 5.41) is 0. The van der Waals surface area contributed by atoms with Gasteiger partial charge in [-0.15, -0.1) is 0 Å². The van der Waals surface area contributed by atoms with Crippen molar-refractivity contribution in [3.63, 3.8) is 0 Å². The number of likely N-dealkylation sites (tertiary alicyclic amines) is 1. The van der Waals surface area contributed by atoms with Gasteiger partial charge in [0.25, 0.3) is 0 Å². The predicted molar refractivity (Wildman–Crippen MR) is 77.3 cm³/mol. The first-order valence-corrected chi connectivity index (χ1v) is 7.08. The number of hydrogen-bond donors (Lipinski definition) is 0. The smallest absolute Gasteiger partial charge is 0.209 e. The van der Waals surface area contributed by atoms with Crippen molar-refractivity contribution in [2.75, 3.05) is 13.6 Å². The second-order valence-electron chi connectivity index (χ2n) is 5.73. The number of hydrogen-bond acceptors (Lipinski definition) is 3. The first kappa shape index (κ1) is 12.5. The summed E-state index contributed by atoms with van der Waals surface area (Å²) in [5.74, 6) is 0.687. The molecule has 0 spiro atoms. The molecule has 0 aromatic heterocycles. The van der Waals surface area contributed by atoms with Gasteiger partial charge in [-0.1, -0.05) is 12.1 Å². The topological polar surface area (TPSA) is 32.7 Å². The van der Waals surface area contributed by atoms with E-state index in [2.05, 4.69) is 23.9 Å². The Bertz CT molecular complexity index is 535. The number of piperidine rings is 1. The van der Waals surface area contributed by atoms with Gasteiger partial charge in [-0.2, -0.15) is 0 Å². The normalized spacial score (nSPS) is 27.3. The van der Waals surface area contributed by atoms with E-state index in [0.29, 0.717) is 12.0 Å². The maximum Gasteiger partial charge on any atom is 0.209 e. The van der Waals surface area contributed by atoms with Gasteiger partial charge in [0.15, 0.2) is 0 Å². The molecule has 2 aliphatic rings. The number of nitrogens with zero attached hydrogens (tertiary/aromatic N) is 2. The molecule has 1 aromatic rings. The summed E-state index contributed by atoms with van der Waals surface area (Å²) in [6.07, 6.45) is 3.24. The van der Waals surface area contributed by atoms with Gasteiger partial charge in [0.2, 0.25) is 5.78 Å². The van der Waals surface area contributed by atoms with E-state index in [0.717, 1.165) is 29.9 Å². The molecule has 3 heteroatoms. The third-order valence-electron chi connectivity index (χ3n) is 4.58. The summed E-state index contributed by atoms with van der Waals surface area (Å²) in [4.78, 5) is 19.2. The van der Waals surface area contributed by atoms with Crippen LogP contribution in [0.3, 0.4) is 0 Å². The van der Waals surface area contributed by atoms with Crippen LogP contribution >= 0.6 is 0 Å². The third-order valence-corrected chi connectivity index (χ3v) is 4.58. The summed E-state index contributed by atoms with van der Waals surface area (Å²) in [5.41, 5.74) is 2.38. The molecule has 2 heterocycles. The number of ketones is 1. The highest BCUT2D eigenvalue weighted by Crippen LogP contribution is 2.31. The van der Waals surface area contributed by atoms with Gasteiger partial charge < -0.3 is 4.90 Å². The molecule has 3 nitrogen and oxygen atoms in total. The number of Topliss-reactive ketones (excluding diaryl/α,β-unsaturated/α-hetero) is 1. The molecule has 0 saturated carbocycles. The highest BCUT2D eigenvalue weighted by atomic mass is 16.1. The van der Waals surface area contributed by atoms with Crippen molar-refractivity contribution < 1.29 is 4.79 Å². The fourth-order valence-electron chi connectivity index (χ4n) is 3.18. The van der Waals surface area contributed by atoms with Crippen molar-refractivity contribution in [1.29, 1.82) is 0 Å². The second kappa shape index (κ2) is 4.89. The molecule has 0 amide bonds. The molecule has 2 atom stereocenters. The van der Waals surface area contributed by atoms with Gasteiger partial charge in [-0.05, 0) is 57.8 Å². The predicted octanol–water partition coefficient (Wildman–Crippen LogP) is 3.08. The number of fused-ring (bicyclic) bond motifs is 1. The van der Waals surface area contributed by atoms with E-state index in [-0.39, 0.29) is 5.78 Å². The van der Waals surface area contributed by atoms with Gasteiger partial charge in [0.1, 0.15) is 0 Å². The molecule has 1 aromatic carbocycles.